The van der Waals surface area contributed by atoms with Crippen LogP contribution in [0.25, 0.3) is 0 Å². The zero-order chi connectivity index (χ0) is 10.7. The SMILES string of the molecule is NCC1(NC(=O)c2ccc[nH]2)CCCC1. The van der Waals surface area contributed by atoms with Crippen molar-refractivity contribution in [2.45, 2.75) is 31.2 Å². The molecule has 0 saturated heterocycles. The fraction of sp³-hybridized carbons (Fsp3) is 0.545. The van der Waals surface area contributed by atoms with Gasteiger partial charge in [0.25, 0.3) is 5.91 Å². The van der Waals surface area contributed by atoms with E-state index in [2.05, 4.69) is 10.3 Å². The predicted octanol–water partition coefficient (Wildman–Crippen LogP) is 1.02. The van der Waals surface area contributed by atoms with Crippen molar-refractivity contribution >= 4 is 5.91 Å². The van der Waals surface area contributed by atoms with Crippen molar-refractivity contribution in [2.24, 2.45) is 5.73 Å². The lowest BCUT2D eigenvalue weighted by atomic mass is 9.97. The Bertz CT molecular complexity index is 326. The molecule has 1 aliphatic carbocycles. The van der Waals surface area contributed by atoms with Gasteiger partial charge in [0.2, 0.25) is 0 Å². The Morgan fingerprint density at radius 3 is 2.80 bits per heavy atom. The van der Waals surface area contributed by atoms with Crippen LogP contribution in [-0.2, 0) is 0 Å². The van der Waals surface area contributed by atoms with E-state index in [1.54, 1.807) is 12.3 Å². The van der Waals surface area contributed by atoms with Crippen LogP contribution in [0.3, 0.4) is 0 Å². The van der Waals surface area contributed by atoms with Gasteiger partial charge in [0.15, 0.2) is 0 Å². The lowest BCUT2D eigenvalue weighted by Crippen LogP contribution is -2.51. The number of hydrogen-bond acceptors (Lipinski definition) is 2. The maximum Gasteiger partial charge on any atom is 0.268 e. The molecule has 0 aliphatic heterocycles. The highest BCUT2D eigenvalue weighted by Gasteiger charge is 2.34. The topological polar surface area (TPSA) is 70.9 Å². The lowest BCUT2D eigenvalue weighted by Gasteiger charge is -2.28. The minimum atomic E-state index is -0.164. The van der Waals surface area contributed by atoms with Gasteiger partial charge in [-0.15, -0.1) is 0 Å². The number of rotatable bonds is 3. The van der Waals surface area contributed by atoms with E-state index in [4.69, 9.17) is 5.73 Å². The van der Waals surface area contributed by atoms with E-state index in [-0.39, 0.29) is 11.4 Å². The van der Waals surface area contributed by atoms with Crippen molar-refractivity contribution in [3.8, 4) is 0 Å². The molecule has 0 unspecified atom stereocenters. The Labute approximate surface area is 89.2 Å². The van der Waals surface area contributed by atoms with Crippen LogP contribution in [0, 0.1) is 0 Å². The van der Waals surface area contributed by atoms with Crippen LogP contribution in [0.4, 0.5) is 0 Å². The number of aromatic amines is 1. The molecule has 0 bridgehead atoms. The molecule has 15 heavy (non-hydrogen) atoms. The molecule has 2 rings (SSSR count). The molecule has 1 amide bonds. The minimum Gasteiger partial charge on any atom is -0.357 e. The van der Waals surface area contributed by atoms with Gasteiger partial charge in [0, 0.05) is 12.7 Å². The molecule has 1 aromatic heterocycles. The molecule has 1 aliphatic rings. The van der Waals surface area contributed by atoms with Crippen LogP contribution >= 0.6 is 0 Å². The number of carbonyl (C=O) groups excluding carboxylic acids is 1. The molecule has 0 aromatic carbocycles. The highest BCUT2D eigenvalue weighted by molar-refractivity contribution is 5.92. The minimum absolute atomic E-state index is 0.0487. The summed E-state index contributed by atoms with van der Waals surface area (Å²) in [6.45, 7) is 0.527. The van der Waals surface area contributed by atoms with Crippen LogP contribution in [0.5, 0.6) is 0 Å². The first-order valence-electron chi connectivity index (χ1n) is 5.42. The van der Waals surface area contributed by atoms with Gasteiger partial charge in [0.05, 0.1) is 5.54 Å². The Hall–Kier alpha value is -1.29. The van der Waals surface area contributed by atoms with Crippen molar-refractivity contribution < 1.29 is 4.79 Å². The van der Waals surface area contributed by atoms with Crippen molar-refractivity contribution in [1.29, 1.82) is 0 Å². The second-order valence-electron chi connectivity index (χ2n) is 4.23. The Morgan fingerprint density at radius 2 is 2.27 bits per heavy atom. The standard InChI is InChI=1S/C11H17N3O/c12-8-11(5-1-2-6-11)14-10(15)9-4-3-7-13-9/h3-4,7,13H,1-2,5-6,8,12H2,(H,14,15). The zero-order valence-electron chi connectivity index (χ0n) is 8.75. The first-order chi connectivity index (χ1) is 7.26. The zero-order valence-corrected chi connectivity index (χ0v) is 8.75. The number of nitrogens with one attached hydrogen (secondary N) is 2. The van der Waals surface area contributed by atoms with Gasteiger partial charge >= 0.3 is 0 Å². The second kappa shape index (κ2) is 4.06. The molecule has 1 aromatic rings. The smallest absolute Gasteiger partial charge is 0.268 e. The molecule has 1 heterocycles. The van der Waals surface area contributed by atoms with Crippen molar-refractivity contribution in [1.82, 2.24) is 10.3 Å². The van der Waals surface area contributed by atoms with E-state index in [0.717, 1.165) is 25.7 Å². The monoisotopic (exact) mass is 207 g/mol. The Morgan fingerprint density at radius 1 is 1.53 bits per heavy atom. The van der Waals surface area contributed by atoms with Gasteiger partial charge in [-0.25, -0.2) is 0 Å². The molecule has 0 atom stereocenters. The van der Waals surface area contributed by atoms with Crippen LogP contribution in [0.1, 0.15) is 36.2 Å². The largest absolute Gasteiger partial charge is 0.357 e. The van der Waals surface area contributed by atoms with Crippen LogP contribution < -0.4 is 11.1 Å². The molecule has 4 nitrogen and oxygen atoms in total. The summed E-state index contributed by atoms with van der Waals surface area (Å²) in [6.07, 6.45) is 6.05. The lowest BCUT2D eigenvalue weighted by molar-refractivity contribution is 0.0898. The fourth-order valence-electron chi connectivity index (χ4n) is 2.21. The first kappa shape index (κ1) is 10.2. The summed E-state index contributed by atoms with van der Waals surface area (Å²) < 4.78 is 0. The van der Waals surface area contributed by atoms with Gasteiger partial charge in [0.1, 0.15) is 5.69 Å². The van der Waals surface area contributed by atoms with E-state index in [0.29, 0.717) is 12.2 Å². The highest BCUT2D eigenvalue weighted by Crippen LogP contribution is 2.28. The molecule has 82 valence electrons. The maximum atomic E-state index is 11.8. The third-order valence-electron chi connectivity index (χ3n) is 3.17. The second-order valence-corrected chi connectivity index (χ2v) is 4.23. The molecule has 0 spiro atoms. The summed E-state index contributed by atoms with van der Waals surface area (Å²) in [5.74, 6) is -0.0487. The van der Waals surface area contributed by atoms with E-state index in [9.17, 15) is 4.79 Å². The number of hydrogen-bond donors (Lipinski definition) is 3. The average Bonchev–Trinajstić information content (AvgIpc) is 2.88. The van der Waals surface area contributed by atoms with E-state index in [1.807, 2.05) is 6.07 Å². The van der Waals surface area contributed by atoms with Crippen molar-refractivity contribution in [3.05, 3.63) is 24.0 Å². The van der Waals surface area contributed by atoms with E-state index < -0.39 is 0 Å². The number of carbonyl (C=O) groups is 1. The van der Waals surface area contributed by atoms with Gasteiger partial charge in [-0.05, 0) is 25.0 Å². The van der Waals surface area contributed by atoms with E-state index >= 15 is 0 Å². The molecule has 4 N–H and O–H groups in total. The Balaban J connectivity index is 2.04. The molecule has 1 fully saturated rings. The summed E-state index contributed by atoms with van der Waals surface area (Å²) in [7, 11) is 0. The van der Waals surface area contributed by atoms with Crippen LogP contribution in [-0.4, -0.2) is 23.0 Å². The maximum absolute atomic E-state index is 11.8. The summed E-state index contributed by atoms with van der Waals surface area (Å²) in [5, 5.41) is 3.05. The molecule has 1 saturated carbocycles. The molecule has 0 radical (unpaired) electrons. The normalized spacial score (nSPS) is 19.0. The number of nitrogens with two attached hydrogens (primary N) is 1. The number of amides is 1. The number of H-pyrrole nitrogens is 1. The molecular weight excluding hydrogens is 190 g/mol. The van der Waals surface area contributed by atoms with Gasteiger partial charge in [-0.2, -0.15) is 0 Å². The van der Waals surface area contributed by atoms with Crippen LogP contribution in [0.2, 0.25) is 0 Å². The van der Waals surface area contributed by atoms with Crippen molar-refractivity contribution in [3.63, 3.8) is 0 Å². The molecule has 4 heteroatoms. The van der Waals surface area contributed by atoms with Gasteiger partial charge < -0.3 is 16.0 Å². The number of aromatic nitrogens is 1. The van der Waals surface area contributed by atoms with Crippen molar-refractivity contribution in [2.75, 3.05) is 6.54 Å². The summed E-state index contributed by atoms with van der Waals surface area (Å²) >= 11 is 0. The van der Waals surface area contributed by atoms with Gasteiger partial charge in [-0.1, -0.05) is 12.8 Å². The highest BCUT2D eigenvalue weighted by atomic mass is 16.2. The predicted molar refractivity (Wildman–Crippen MR) is 58.5 cm³/mol. The average molecular weight is 207 g/mol. The quantitative estimate of drug-likeness (QED) is 0.692. The third-order valence-corrected chi connectivity index (χ3v) is 3.17. The molecular formula is C11H17N3O. The summed E-state index contributed by atoms with van der Waals surface area (Å²) in [6, 6.07) is 3.59. The van der Waals surface area contributed by atoms with Gasteiger partial charge in [-0.3, -0.25) is 4.79 Å². The van der Waals surface area contributed by atoms with E-state index in [1.165, 1.54) is 0 Å². The Kier molecular flexibility index (Phi) is 2.77. The first-order valence-corrected chi connectivity index (χ1v) is 5.42. The van der Waals surface area contributed by atoms with Crippen LogP contribution in [0.15, 0.2) is 18.3 Å². The third kappa shape index (κ3) is 2.04. The summed E-state index contributed by atoms with van der Waals surface area (Å²) in [5.41, 5.74) is 6.19. The fourth-order valence-corrected chi connectivity index (χ4v) is 2.21. The summed E-state index contributed by atoms with van der Waals surface area (Å²) in [4.78, 5) is 14.7.